The Labute approximate surface area is 241 Å². The number of alkyl halides is 3. The fourth-order valence-electron chi connectivity index (χ4n) is 4.15. The number of methoxy groups -OCH3 is 1. The molecule has 2 amide bonds. The first-order chi connectivity index (χ1) is 18.9. The second-order valence-electron chi connectivity index (χ2n) is 8.84. The predicted molar refractivity (Wildman–Crippen MR) is 149 cm³/mol. The summed E-state index contributed by atoms with van der Waals surface area (Å²) in [5.74, 6) is -0.0277. The number of halogens is 5. The molecule has 3 rings (SSSR count). The van der Waals surface area contributed by atoms with Crippen molar-refractivity contribution in [3.8, 4) is 16.9 Å². The van der Waals surface area contributed by atoms with E-state index in [1.54, 1.807) is 50.2 Å². The van der Waals surface area contributed by atoms with Gasteiger partial charge in [-0.15, -0.1) is 0 Å². The molecule has 0 saturated carbocycles. The molecule has 11 heteroatoms. The third kappa shape index (κ3) is 8.29. The van der Waals surface area contributed by atoms with Gasteiger partial charge in [0, 0.05) is 35.2 Å². The molecular formula is C29H29Cl2F3N2O4. The summed E-state index contributed by atoms with van der Waals surface area (Å²) >= 11 is 12.1. The highest BCUT2D eigenvalue weighted by atomic mass is 35.5. The van der Waals surface area contributed by atoms with E-state index in [0.717, 1.165) is 12.1 Å². The SMILES string of the molecule is CCOC(=O)Cc1ccc(OC)c(-c2ccc(C(F)(F)F)cc2CN(CC)C(=O)NCc2cc(Cl)cc(Cl)c2)c1. The van der Waals surface area contributed by atoms with E-state index < -0.39 is 23.7 Å². The Morgan fingerprint density at radius 1 is 0.925 bits per heavy atom. The molecule has 6 nitrogen and oxygen atoms in total. The number of amides is 2. The van der Waals surface area contributed by atoms with Crippen LogP contribution in [0.25, 0.3) is 11.1 Å². The average Bonchev–Trinajstić information content (AvgIpc) is 2.89. The van der Waals surface area contributed by atoms with Crippen LogP contribution in [0.4, 0.5) is 18.0 Å². The van der Waals surface area contributed by atoms with Gasteiger partial charge in [-0.05, 0) is 78.6 Å². The molecule has 0 fully saturated rings. The molecule has 3 aromatic carbocycles. The highest BCUT2D eigenvalue weighted by molar-refractivity contribution is 6.34. The van der Waals surface area contributed by atoms with E-state index in [-0.39, 0.29) is 38.2 Å². The van der Waals surface area contributed by atoms with Crippen LogP contribution in [0.15, 0.2) is 54.6 Å². The quantitative estimate of drug-likeness (QED) is 0.246. The van der Waals surface area contributed by atoms with Crippen LogP contribution in [-0.4, -0.2) is 37.2 Å². The van der Waals surface area contributed by atoms with Crippen molar-refractivity contribution in [3.63, 3.8) is 0 Å². The van der Waals surface area contributed by atoms with Crippen LogP contribution in [0.5, 0.6) is 5.75 Å². The average molecular weight is 597 g/mol. The summed E-state index contributed by atoms with van der Waals surface area (Å²) in [6.07, 6.45) is -4.61. The first-order valence-electron chi connectivity index (χ1n) is 12.5. The maximum atomic E-state index is 13.7. The minimum atomic E-state index is -4.59. The Morgan fingerprint density at radius 3 is 2.23 bits per heavy atom. The van der Waals surface area contributed by atoms with Crippen LogP contribution in [0.1, 0.15) is 36.1 Å². The number of hydrogen-bond acceptors (Lipinski definition) is 4. The standard InChI is InChI=1S/C29H29Cl2F3N2O4/c1-4-36(28(38)35-16-19-10-22(30)15-23(31)11-19)17-20-14-21(29(32,33)34)7-8-24(20)25-12-18(6-9-26(25)39-3)13-27(37)40-5-2/h6-12,14-15H,4-5,13,16-17H2,1-3H3,(H,35,38). The second-order valence-corrected chi connectivity index (χ2v) is 9.71. The number of hydrogen-bond donors (Lipinski definition) is 1. The zero-order valence-electron chi connectivity index (χ0n) is 22.2. The lowest BCUT2D eigenvalue weighted by atomic mass is 9.94. The summed E-state index contributed by atoms with van der Waals surface area (Å²) < 4.78 is 51.6. The van der Waals surface area contributed by atoms with Gasteiger partial charge < -0.3 is 19.7 Å². The first kappa shape index (κ1) is 31.1. The molecule has 0 aliphatic rings. The minimum Gasteiger partial charge on any atom is -0.496 e. The Morgan fingerprint density at radius 2 is 1.62 bits per heavy atom. The van der Waals surface area contributed by atoms with Gasteiger partial charge in [0.15, 0.2) is 0 Å². The first-order valence-corrected chi connectivity index (χ1v) is 13.2. The molecule has 0 radical (unpaired) electrons. The number of carbonyl (C=O) groups is 2. The molecule has 0 unspecified atom stereocenters. The van der Waals surface area contributed by atoms with Gasteiger partial charge in [-0.3, -0.25) is 4.79 Å². The monoisotopic (exact) mass is 596 g/mol. The molecule has 0 aliphatic carbocycles. The minimum absolute atomic E-state index is 0.0161. The summed E-state index contributed by atoms with van der Waals surface area (Å²) in [7, 11) is 1.45. The summed E-state index contributed by atoms with van der Waals surface area (Å²) in [5.41, 5.74) is 1.60. The number of nitrogens with one attached hydrogen (secondary N) is 1. The Balaban J connectivity index is 1.97. The molecule has 3 aromatic rings. The third-order valence-electron chi connectivity index (χ3n) is 6.04. The Kier molecular flexibility index (Phi) is 10.7. The lowest BCUT2D eigenvalue weighted by Crippen LogP contribution is -2.39. The van der Waals surface area contributed by atoms with Gasteiger partial charge in [0.25, 0.3) is 0 Å². The summed E-state index contributed by atoms with van der Waals surface area (Å²) in [6.45, 7) is 3.87. The summed E-state index contributed by atoms with van der Waals surface area (Å²) in [6, 6.07) is 12.8. The number of urea groups is 1. The molecule has 1 N–H and O–H groups in total. The van der Waals surface area contributed by atoms with E-state index in [9.17, 15) is 22.8 Å². The Bertz CT molecular complexity index is 1350. The summed E-state index contributed by atoms with van der Waals surface area (Å²) in [5, 5.41) is 3.59. The number of ether oxygens (including phenoxy) is 2. The van der Waals surface area contributed by atoms with E-state index in [4.69, 9.17) is 32.7 Å². The van der Waals surface area contributed by atoms with E-state index in [1.807, 2.05) is 0 Å². The molecule has 0 bridgehead atoms. The van der Waals surface area contributed by atoms with Gasteiger partial charge in [-0.1, -0.05) is 35.3 Å². The number of rotatable bonds is 10. The summed E-state index contributed by atoms with van der Waals surface area (Å²) in [4.78, 5) is 26.5. The van der Waals surface area contributed by atoms with Crippen molar-refractivity contribution >= 4 is 35.2 Å². The molecule has 0 atom stereocenters. The highest BCUT2D eigenvalue weighted by Gasteiger charge is 2.31. The van der Waals surface area contributed by atoms with Crippen LogP contribution < -0.4 is 10.1 Å². The molecule has 214 valence electrons. The molecule has 40 heavy (non-hydrogen) atoms. The maximum absolute atomic E-state index is 13.7. The van der Waals surface area contributed by atoms with Crippen LogP contribution in [0.2, 0.25) is 10.0 Å². The van der Waals surface area contributed by atoms with Gasteiger partial charge in [-0.2, -0.15) is 13.2 Å². The zero-order chi connectivity index (χ0) is 29.4. The lowest BCUT2D eigenvalue weighted by molar-refractivity contribution is -0.142. The molecule has 0 spiro atoms. The molecule has 0 aromatic heterocycles. The topological polar surface area (TPSA) is 67.9 Å². The van der Waals surface area contributed by atoms with E-state index in [2.05, 4.69) is 5.32 Å². The van der Waals surface area contributed by atoms with E-state index >= 15 is 0 Å². The van der Waals surface area contributed by atoms with Crippen LogP contribution in [0.3, 0.4) is 0 Å². The van der Waals surface area contributed by atoms with Crippen molar-refractivity contribution in [2.45, 2.75) is 39.5 Å². The van der Waals surface area contributed by atoms with E-state index in [1.165, 1.54) is 18.1 Å². The van der Waals surface area contributed by atoms with Gasteiger partial charge in [0.2, 0.25) is 0 Å². The second kappa shape index (κ2) is 13.8. The van der Waals surface area contributed by atoms with Crippen molar-refractivity contribution in [2.24, 2.45) is 0 Å². The zero-order valence-corrected chi connectivity index (χ0v) is 23.7. The lowest BCUT2D eigenvalue weighted by Gasteiger charge is -2.24. The van der Waals surface area contributed by atoms with E-state index in [0.29, 0.717) is 38.0 Å². The largest absolute Gasteiger partial charge is 0.496 e. The van der Waals surface area contributed by atoms with Gasteiger partial charge >= 0.3 is 18.2 Å². The van der Waals surface area contributed by atoms with Gasteiger partial charge in [0.05, 0.1) is 25.7 Å². The smallest absolute Gasteiger partial charge is 0.416 e. The molecule has 0 heterocycles. The van der Waals surface area contributed by atoms with Crippen molar-refractivity contribution < 1.29 is 32.2 Å². The fraction of sp³-hybridized carbons (Fsp3) is 0.310. The molecule has 0 aliphatic heterocycles. The molecule has 0 saturated heterocycles. The number of esters is 1. The third-order valence-corrected chi connectivity index (χ3v) is 6.47. The number of benzene rings is 3. The number of carbonyl (C=O) groups excluding carboxylic acids is 2. The Hall–Kier alpha value is -3.43. The van der Waals surface area contributed by atoms with Gasteiger partial charge in [0.1, 0.15) is 5.75 Å². The fourth-order valence-corrected chi connectivity index (χ4v) is 4.72. The van der Waals surface area contributed by atoms with Crippen molar-refractivity contribution in [1.82, 2.24) is 10.2 Å². The van der Waals surface area contributed by atoms with Crippen LogP contribution >= 0.6 is 23.2 Å². The van der Waals surface area contributed by atoms with Crippen LogP contribution in [-0.2, 0) is 35.2 Å². The predicted octanol–water partition coefficient (Wildman–Crippen LogP) is 7.53. The number of nitrogens with zero attached hydrogens (tertiary/aromatic N) is 1. The highest BCUT2D eigenvalue weighted by Crippen LogP contribution is 2.38. The van der Waals surface area contributed by atoms with Crippen molar-refractivity contribution in [3.05, 3.63) is 86.9 Å². The van der Waals surface area contributed by atoms with Crippen molar-refractivity contribution in [1.29, 1.82) is 0 Å². The van der Waals surface area contributed by atoms with Gasteiger partial charge in [-0.25, -0.2) is 4.79 Å². The normalized spacial score (nSPS) is 11.2. The van der Waals surface area contributed by atoms with Crippen LogP contribution in [0, 0.1) is 0 Å². The van der Waals surface area contributed by atoms with Crippen molar-refractivity contribution in [2.75, 3.05) is 20.3 Å². The molecular weight excluding hydrogens is 568 g/mol. The maximum Gasteiger partial charge on any atom is 0.416 e.